The first-order valence-corrected chi connectivity index (χ1v) is 28.7. The van der Waals surface area contributed by atoms with Crippen molar-refractivity contribution in [1.82, 2.24) is 5.32 Å². The fraction of sp³-hybridized carbons (Fsp3) is 0.879. The molecular formula is C58H109NO8. The van der Waals surface area contributed by atoms with E-state index in [0.29, 0.717) is 12.8 Å². The Morgan fingerprint density at radius 1 is 0.507 bits per heavy atom. The van der Waals surface area contributed by atoms with E-state index >= 15 is 0 Å². The Bertz CT molecular complexity index is 1150. The Hall–Kier alpha value is -1.59. The molecule has 0 aromatic heterocycles. The number of hydrogen-bond acceptors (Lipinski definition) is 8. The normalized spacial score (nSPS) is 19.9. The summed E-state index contributed by atoms with van der Waals surface area (Å²) in [7, 11) is 0. The van der Waals surface area contributed by atoms with Gasteiger partial charge in [-0.15, -0.1) is 0 Å². The van der Waals surface area contributed by atoms with Crippen LogP contribution in [0.4, 0.5) is 0 Å². The third kappa shape index (κ3) is 37.9. The summed E-state index contributed by atoms with van der Waals surface area (Å²) in [4.78, 5) is 13.1. The number of hydrogen-bond donors (Lipinski definition) is 6. The largest absolute Gasteiger partial charge is 0.394 e. The van der Waals surface area contributed by atoms with Crippen LogP contribution < -0.4 is 5.32 Å². The molecule has 67 heavy (non-hydrogen) atoms. The highest BCUT2D eigenvalue weighted by atomic mass is 16.7. The van der Waals surface area contributed by atoms with Gasteiger partial charge < -0.3 is 40.3 Å². The molecule has 0 radical (unpaired) electrons. The molecule has 1 heterocycles. The quantitative estimate of drug-likeness (QED) is 0.0261. The first-order valence-electron chi connectivity index (χ1n) is 28.7. The van der Waals surface area contributed by atoms with E-state index in [9.17, 15) is 30.3 Å². The first kappa shape index (κ1) is 63.4. The van der Waals surface area contributed by atoms with E-state index in [1.165, 1.54) is 193 Å². The smallest absolute Gasteiger partial charge is 0.220 e. The number of amides is 1. The molecule has 7 unspecified atom stereocenters. The maximum atomic E-state index is 13.1. The molecule has 6 N–H and O–H groups in total. The molecule has 1 saturated heterocycles. The number of unbranched alkanes of at least 4 members (excludes halogenated alkanes) is 33. The van der Waals surface area contributed by atoms with Gasteiger partial charge in [-0.25, -0.2) is 0 Å². The molecule has 1 aliphatic rings. The number of ether oxygens (including phenoxy) is 2. The lowest BCUT2D eigenvalue weighted by molar-refractivity contribution is -0.302. The van der Waals surface area contributed by atoms with E-state index in [1.54, 1.807) is 0 Å². The van der Waals surface area contributed by atoms with E-state index in [2.05, 4.69) is 55.6 Å². The Kier molecular flexibility index (Phi) is 45.5. The molecule has 9 nitrogen and oxygen atoms in total. The molecule has 0 saturated carbocycles. The zero-order chi connectivity index (χ0) is 48.7. The first-order chi connectivity index (χ1) is 32.8. The van der Waals surface area contributed by atoms with Gasteiger partial charge in [-0.2, -0.15) is 0 Å². The van der Waals surface area contributed by atoms with Gasteiger partial charge in [0.05, 0.1) is 25.4 Å². The van der Waals surface area contributed by atoms with Crippen LogP contribution in [0.15, 0.2) is 36.5 Å². The summed E-state index contributed by atoms with van der Waals surface area (Å²) >= 11 is 0. The Morgan fingerprint density at radius 2 is 0.881 bits per heavy atom. The van der Waals surface area contributed by atoms with Gasteiger partial charge in [0.25, 0.3) is 0 Å². The average Bonchev–Trinajstić information content (AvgIpc) is 3.33. The average molecular weight is 949 g/mol. The van der Waals surface area contributed by atoms with Crippen molar-refractivity contribution in [1.29, 1.82) is 0 Å². The van der Waals surface area contributed by atoms with Crippen molar-refractivity contribution in [3.63, 3.8) is 0 Å². The van der Waals surface area contributed by atoms with E-state index < -0.39 is 49.5 Å². The molecule has 0 spiro atoms. The van der Waals surface area contributed by atoms with Crippen LogP contribution in [-0.2, 0) is 14.3 Å². The monoisotopic (exact) mass is 948 g/mol. The van der Waals surface area contributed by atoms with E-state index in [4.69, 9.17) is 9.47 Å². The Balaban J connectivity index is 2.16. The fourth-order valence-corrected chi connectivity index (χ4v) is 9.17. The van der Waals surface area contributed by atoms with Crippen molar-refractivity contribution in [3.05, 3.63) is 36.5 Å². The minimum atomic E-state index is -1.55. The number of nitrogens with one attached hydrogen (secondary N) is 1. The lowest BCUT2D eigenvalue weighted by atomic mass is 9.99. The molecule has 394 valence electrons. The van der Waals surface area contributed by atoms with Crippen LogP contribution in [-0.4, -0.2) is 87.5 Å². The van der Waals surface area contributed by atoms with Crippen LogP contribution >= 0.6 is 0 Å². The molecule has 1 aliphatic heterocycles. The summed E-state index contributed by atoms with van der Waals surface area (Å²) in [6.45, 7) is 3.84. The second-order valence-corrected chi connectivity index (χ2v) is 20.1. The van der Waals surface area contributed by atoms with Gasteiger partial charge in [-0.1, -0.05) is 249 Å². The Morgan fingerprint density at radius 3 is 1.30 bits per heavy atom. The van der Waals surface area contributed by atoms with Crippen molar-refractivity contribution < 1.29 is 39.8 Å². The van der Waals surface area contributed by atoms with Gasteiger partial charge in [0.2, 0.25) is 5.91 Å². The second-order valence-electron chi connectivity index (χ2n) is 20.1. The molecule has 1 rings (SSSR count). The van der Waals surface area contributed by atoms with Crippen LogP contribution in [0.25, 0.3) is 0 Å². The fourth-order valence-electron chi connectivity index (χ4n) is 9.17. The minimum absolute atomic E-state index is 0.136. The van der Waals surface area contributed by atoms with Crippen molar-refractivity contribution in [3.8, 4) is 0 Å². The maximum Gasteiger partial charge on any atom is 0.220 e. The summed E-state index contributed by atoms with van der Waals surface area (Å²) in [6, 6.07) is -0.718. The third-order valence-electron chi connectivity index (χ3n) is 13.7. The molecule has 7 atom stereocenters. The van der Waals surface area contributed by atoms with Crippen molar-refractivity contribution in [2.75, 3.05) is 13.2 Å². The zero-order valence-corrected chi connectivity index (χ0v) is 43.7. The van der Waals surface area contributed by atoms with Crippen LogP contribution in [0.5, 0.6) is 0 Å². The van der Waals surface area contributed by atoms with Gasteiger partial charge in [-0.05, 0) is 51.4 Å². The number of rotatable bonds is 49. The minimum Gasteiger partial charge on any atom is -0.394 e. The molecule has 1 fully saturated rings. The molecule has 1 amide bonds. The third-order valence-corrected chi connectivity index (χ3v) is 13.7. The van der Waals surface area contributed by atoms with Crippen LogP contribution in [0, 0.1) is 0 Å². The van der Waals surface area contributed by atoms with E-state index in [1.807, 2.05) is 0 Å². The SMILES string of the molecule is CCCCCCC/C=C\C/C=C\C/C=C\CCCCCCCCCCCCCCCCC(=O)NC(COC1OC(CO)C(O)C(O)C1O)C(O)CCCCCCCCCCCCCCCCC. The van der Waals surface area contributed by atoms with Gasteiger partial charge in [-0.3, -0.25) is 4.79 Å². The molecule has 0 aliphatic carbocycles. The van der Waals surface area contributed by atoms with Crippen LogP contribution in [0.3, 0.4) is 0 Å². The highest BCUT2D eigenvalue weighted by Gasteiger charge is 2.44. The summed E-state index contributed by atoms with van der Waals surface area (Å²) < 4.78 is 11.3. The maximum absolute atomic E-state index is 13.1. The van der Waals surface area contributed by atoms with E-state index in [-0.39, 0.29) is 12.5 Å². The summed E-state index contributed by atoms with van der Waals surface area (Å²) in [5, 5.41) is 54.6. The van der Waals surface area contributed by atoms with Gasteiger partial charge >= 0.3 is 0 Å². The highest BCUT2D eigenvalue weighted by Crippen LogP contribution is 2.23. The highest BCUT2D eigenvalue weighted by molar-refractivity contribution is 5.76. The lowest BCUT2D eigenvalue weighted by Gasteiger charge is -2.40. The molecule has 0 bridgehead atoms. The van der Waals surface area contributed by atoms with Gasteiger partial charge in [0, 0.05) is 6.42 Å². The number of aliphatic hydroxyl groups excluding tert-OH is 5. The van der Waals surface area contributed by atoms with Gasteiger partial charge in [0.15, 0.2) is 6.29 Å². The topological polar surface area (TPSA) is 149 Å². The Labute approximate surface area is 412 Å². The molecular weight excluding hydrogens is 839 g/mol. The van der Waals surface area contributed by atoms with Crippen LogP contribution in [0.1, 0.15) is 271 Å². The lowest BCUT2D eigenvalue weighted by Crippen LogP contribution is -2.60. The molecule has 0 aromatic rings. The van der Waals surface area contributed by atoms with Crippen molar-refractivity contribution in [2.24, 2.45) is 0 Å². The molecule has 9 heteroatoms. The summed E-state index contributed by atoms with van der Waals surface area (Å²) in [5.41, 5.74) is 0. The van der Waals surface area contributed by atoms with Crippen LogP contribution in [0.2, 0.25) is 0 Å². The standard InChI is InChI=1S/C58H109NO8/c1-3-5-7-9-11-13-15-17-19-20-21-22-23-24-25-26-27-28-29-30-31-32-34-36-38-40-42-44-46-48-54(62)59-51(50-66-58-57(65)56(64)55(63)53(49-60)67-58)52(61)47-45-43-41-39-37-35-33-18-16-14-12-10-8-6-4-2/h15,17,20-21,23-24,51-53,55-58,60-61,63-65H,3-14,16,18-19,22,25-50H2,1-2H3,(H,59,62)/b17-15-,21-20-,24-23-. The molecule has 0 aromatic carbocycles. The second kappa shape index (κ2) is 48.1. The number of carbonyl (C=O) groups is 1. The zero-order valence-electron chi connectivity index (χ0n) is 43.7. The van der Waals surface area contributed by atoms with Crippen molar-refractivity contribution in [2.45, 2.75) is 314 Å². The predicted molar refractivity (Wildman–Crippen MR) is 281 cm³/mol. The summed E-state index contributed by atoms with van der Waals surface area (Å²) in [5.74, 6) is -0.143. The summed E-state index contributed by atoms with van der Waals surface area (Å²) in [6.07, 6.45) is 54.5. The van der Waals surface area contributed by atoms with Gasteiger partial charge in [0.1, 0.15) is 24.4 Å². The predicted octanol–water partition coefficient (Wildman–Crippen LogP) is 14.0. The van der Waals surface area contributed by atoms with Crippen molar-refractivity contribution >= 4 is 5.91 Å². The van der Waals surface area contributed by atoms with E-state index in [0.717, 1.165) is 51.4 Å². The number of carbonyl (C=O) groups excluding carboxylic acids is 1. The number of allylic oxidation sites excluding steroid dienone is 6. The number of aliphatic hydroxyl groups is 5.